The van der Waals surface area contributed by atoms with E-state index in [1.54, 1.807) is 6.07 Å². The standard InChI is InChI=1S/C31H40N4O5S.ClH/c1-19(2)13-23(32-24-16-31(5,6)17-24)18-40-27-15-26(28-20(3)9-7-10-21(28)4)33-30(34-27)35-41(38,39)25-12-8-11-22(14-25)29(36)37;/h7-12,14-15,19,23-24,32H,13,16-18H2,1-6H3,(H,36,37)(H,33,34,35);1H/t23-;/m1./s1. The summed E-state index contributed by atoms with van der Waals surface area (Å²) >= 11 is 0. The van der Waals surface area contributed by atoms with Gasteiger partial charge in [-0.1, -0.05) is 52.0 Å². The maximum atomic E-state index is 13.2. The minimum absolute atomic E-state index is 0. The summed E-state index contributed by atoms with van der Waals surface area (Å²) in [5.74, 6) is -0.668. The Kier molecular flexibility index (Phi) is 10.6. The van der Waals surface area contributed by atoms with Crippen molar-refractivity contribution < 1.29 is 23.1 Å². The lowest BCUT2D eigenvalue weighted by Crippen LogP contribution is -2.51. The molecule has 1 saturated carbocycles. The number of hydrogen-bond donors (Lipinski definition) is 3. The Morgan fingerprint density at radius 1 is 1.07 bits per heavy atom. The quantitative estimate of drug-likeness (QED) is 0.218. The van der Waals surface area contributed by atoms with Gasteiger partial charge in [0.25, 0.3) is 10.0 Å². The highest BCUT2D eigenvalue weighted by atomic mass is 35.5. The number of aromatic carboxylic acids is 1. The molecule has 0 bridgehead atoms. The fourth-order valence-corrected chi connectivity index (χ4v) is 6.52. The SMILES string of the molecule is Cc1cccc(C)c1-c1cc(OC[C@@H](CC(C)C)NC2CC(C)(C)C2)nc(NS(=O)(=O)c2cccc(C(=O)O)c2)n1.Cl. The number of hydrogen-bond acceptors (Lipinski definition) is 7. The van der Waals surface area contributed by atoms with Crippen LogP contribution in [0.1, 0.15) is 68.4 Å². The molecule has 3 aromatic rings. The van der Waals surface area contributed by atoms with Crippen LogP contribution in [0.2, 0.25) is 0 Å². The predicted molar refractivity (Wildman–Crippen MR) is 167 cm³/mol. The number of carboxylic acid groups (broad SMARTS) is 1. The van der Waals surface area contributed by atoms with E-state index in [0.29, 0.717) is 29.7 Å². The van der Waals surface area contributed by atoms with Gasteiger partial charge in [-0.3, -0.25) is 0 Å². The normalized spacial score (nSPS) is 15.4. The van der Waals surface area contributed by atoms with Crippen molar-refractivity contribution in [3.8, 4) is 17.1 Å². The van der Waals surface area contributed by atoms with Gasteiger partial charge in [0.05, 0.1) is 16.2 Å². The monoisotopic (exact) mass is 616 g/mol. The van der Waals surface area contributed by atoms with Gasteiger partial charge in [0, 0.05) is 23.7 Å². The molecular formula is C31H41ClN4O5S. The Morgan fingerprint density at radius 3 is 2.31 bits per heavy atom. The van der Waals surface area contributed by atoms with E-state index in [1.807, 2.05) is 32.0 Å². The van der Waals surface area contributed by atoms with E-state index in [4.69, 9.17) is 4.74 Å². The van der Waals surface area contributed by atoms with Gasteiger partial charge in [-0.05, 0) is 73.8 Å². The van der Waals surface area contributed by atoms with E-state index >= 15 is 0 Å². The van der Waals surface area contributed by atoms with Gasteiger partial charge in [0.1, 0.15) is 6.61 Å². The number of aryl methyl sites for hydroxylation is 2. The number of rotatable bonds is 12. The Bertz CT molecular complexity index is 1500. The van der Waals surface area contributed by atoms with Crippen LogP contribution in [0.15, 0.2) is 53.4 Å². The van der Waals surface area contributed by atoms with Crippen LogP contribution in [0.25, 0.3) is 11.3 Å². The molecular weight excluding hydrogens is 576 g/mol. The van der Waals surface area contributed by atoms with Crippen LogP contribution in [0.5, 0.6) is 5.88 Å². The molecule has 11 heteroatoms. The van der Waals surface area contributed by atoms with Crippen LogP contribution in [0, 0.1) is 25.2 Å². The maximum absolute atomic E-state index is 13.2. The Morgan fingerprint density at radius 2 is 1.71 bits per heavy atom. The van der Waals surface area contributed by atoms with Crippen LogP contribution in [0.4, 0.5) is 5.95 Å². The van der Waals surface area contributed by atoms with Crippen molar-refractivity contribution in [2.75, 3.05) is 11.3 Å². The summed E-state index contributed by atoms with van der Waals surface area (Å²) < 4.78 is 35.1. The molecule has 1 aliphatic carbocycles. The van der Waals surface area contributed by atoms with Crippen LogP contribution < -0.4 is 14.8 Å². The van der Waals surface area contributed by atoms with Crippen molar-refractivity contribution in [1.82, 2.24) is 15.3 Å². The Hall–Kier alpha value is -3.21. The van der Waals surface area contributed by atoms with Crippen LogP contribution in [0.3, 0.4) is 0 Å². The van der Waals surface area contributed by atoms with Crippen molar-refractivity contribution in [3.05, 3.63) is 65.2 Å². The van der Waals surface area contributed by atoms with Crippen molar-refractivity contribution in [2.24, 2.45) is 11.3 Å². The minimum Gasteiger partial charge on any atom is -0.478 e. The van der Waals surface area contributed by atoms with Gasteiger partial charge in [0.2, 0.25) is 11.8 Å². The number of nitrogens with zero attached hydrogens (tertiary/aromatic N) is 2. The van der Waals surface area contributed by atoms with Crippen molar-refractivity contribution >= 4 is 34.3 Å². The van der Waals surface area contributed by atoms with E-state index in [2.05, 4.69) is 47.7 Å². The lowest BCUT2D eigenvalue weighted by Gasteiger charge is -2.44. The first-order valence-electron chi connectivity index (χ1n) is 13.9. The summed E-state index contributed by atoms with van der Waals surface area (Å²) in [5, 5.41) is 13.0. The summed E-state index contributed by atoms with van der Waals surface area (Å²) in [6.07, 6.45) is 3.15. The average Bonchev–Trinajstić information content (AvgIpc) is 2.85. The molecule has 0 spiro atoms. The zero-order valence-corrected chi connectivity index (χ0v) is 26.6. The molecule has 1 heterocycles. The lowest BCUT2D eigenvalue weighted by atomic mass is 9.68. The summed E-state index contributed by atoms with van der Waals surface area (Å²) in [6, 6.07) is 13.3. The molecule has 9 nitrogen and oxygen atoms in total. The van der Waals surface area contributed by atoms with Crippen molar-refractivity contribution in [3.63, 3.8) is 0 Å². The van der Waals surface area contributed by atoms with E-state index in [1.165, 1.54) is 18.2 Å². The molecule has 0 saturated heterocycles. The summed E-state index contributed by atoms with van der Waals surface area (Å²) in [5.41, 5.74) is 3.55. The summed E-state index contributed by atoms with van der Waals surface area (Å²) in [7, 11) is -4.18. The second-order valence-corrected chi connectivity index (χ2v) is 13.9. The average molecular weight is 617 g/mol. The molecule has 0 radical (unpaired) electrons. The molecule has 3 N–H and O–H groups in total. The lowest BCUT2D eigenvalue weighted by molar-refractivity contribution is 0.0696. The van der Waals surface area contributed by atoms with Gasteiger partial charge in [-0.25, -0.2) is 22.9 Å². The molecule has 1 atom stereocenters. The second kappa shape index (κ2) is 13.4. The largest absolute Gasteiger partial charge is 0.478 e. The molecule has 2 aromatic carbocycles. The number of anilines is 1. The van der Waals surface area contributed by atoms with E-state index in [0.717, 1.165) is 42.0 Å². The van der Waals surface area contributed by atoms with Crippen molar-refractivity contribution in [2.45, 2.75) is 77.8 Å². The zero-order valence-electron chi connectivity index (χ0n) is 25.0. The minimum atomic E-state index is -4.18. The molecule has 0 amide bonds. The molecule has 1 fully saturated rings. The van der Waals surface area contributed by atoms with E-state index < -0.39 is 16.0 Å². The molecule has 4 rings (SSSR count). The fourth-order valence-electron chi connectivity index (χ4n) is 5.53. The number of halogens is 1. The fraction of sp³-hybridized carbons (Fsp3) is 0.452. The van der Waals surface area contributed by atoms with Crippen LogP contribution in [-0.2, 0) is 10.0 Å². The first-order valence-corrected chi connectivity index (χ1v) is 15.4. The highest BCUT2D eigenvalue weighted by Crippen LogP contribution is 2.40. The Balaban J connectivity index is 0.00000484. The number of ether oxygens (including phenoxy) is 1. The molecule has 42 heavy (non-hydrogen) atoms. The summed E-state index contributed by atoms with van der Waals surface area (Å²) in [6.45, 7) is 13.2. The second-order valence-electron chi connectivity index (χ2n) is 12.2. The number of carbonyl (C=O) groups is 1. The highest BCUT2D eigenvalue weighted by molar-refractivity contribution is 7.92. The van der Waals surface area contributed by atoms with Crippen molar-refractivity contribution in [1.29, 1.82) is 0 Å². The van der Waals surface area contributed by atoms with Gasteiger partial charge >= 0.3 is 5.97 Å². The van der Waals surface area contributed by atoms with Crippen LogP contribution in [-0.4, -0.2) is 48.2 Å². The zero-order chi connectivity index (χ0) is 29.9. The number of benzene rings is 2. The van der Waals surface area contributed by atoms with Crippen LogP contribution >= 0.6 is 12.4 Å². The molecule has 1 aliphatic rings. The maximum Gasteiger partial charge on any atom is 0.335 e. The molecule has 1 aromatic heterocycles. The summed E-state index contributed by atoms with van der Waals surface area (Å²) in [4.78, 5) is 20.1. The third kappa shape index (κ3) is 8.42. The van der Waals surface area contributed by atoms with Gasteiger partial charge < -0.3 is 15.2 Å². The molecule has 228 valence electrons. The number of sulfonamides is 1. The van der Waals surface area contributed by atoms with Gasteiger partial charge in [0.15, 0.2) is 0 Å². The highest BCUT2D eigenvalue weighted by Gasteiger charge is 2.37. The number of aromatic nitrogens is 2. The van der Waals surface area contributed by atoms with E-state index in [-0.39, 0.29) is 40.7 Å². The van der Waals surface area contributed by atoms with Gasteiger partial charge in [-0.15, -0.1) is 12.4 Å². The predicted octanol–water partition coefficient (Wildman–Crippen LogP) is 6.25. The van der Waals surface area contributed by atoms with E-state index in [9.17, 15) is 18.3 Å². The first-order chi connectivity index (χ1) is 19.2. The number of carboxylic acids is 1. The van der Waals surface area contributed by atoms with Gasteiger partial charge in [-0.2, -0.15) is 4.98 Å². The topological polar surface area (TPSA) is 131 Å². The third-order valence-corrected chi connectivity index (χ3v) is 8.64. The number of nitrogens with one attached hydrogen (secondary N) is 2. The molecule has 0 aliphatic heterocycles. The third-order valence-electron chi connectivity index (χ3n) is 7.31. The smallest absolute Gasteiger partial charge is 0.335 e. The first kappa shape index (κ1) is 33.3. The Labute approximate surface area is 255 Å². The molecule has 0 unspecified atom stereocenters.